The molecule has 0 unspecified atom stereocenters. The summed E-state index contributed by atoms with van der Waals surface area (Å²) in [6.07, 6.45) is 8.65. The lowest BCUT2D eigenvalue weighted by Gasteiger charge is -2.09. The van der Waals surface area contributed by atoms with E-state index >= 15 is 0 Å². The van der Waals surface area contributed by atoms with E-state index in [4.69, 9.17) is 0 Å². The first-order valence-corrected chi connectivity index (χ1v) is 12.1. The highest BCUT2D eigenvalue weighted by atomic mass is 32.1. The summed E-state index contributed by atoms with van der Waals surface area (Å²) in [6, 6.07) is 8.57. The van der Waals surface area contributed by atoms with Gasteiger partial charge in [0.2, 0.25) is 0 Å². The summed E-state index contributed by atoms with van der Waals surface area (Å²) in [5.74, 6) is 0.996. The highest BCUT2D eigenvalue weighted by Gasteiger charge is 2.12. The first-order chi connectivity index (χ1) is 16.3. The monoisotopic (exact) mass is 469 g/mol. The number of fused-ring (bicyclic) bond motifs is 1. The molecule has 0 atom stereocenters. The number of nitrogens with zero attached hydrogens (tertiary/aromatic N) is 3. The zero-order chi connectivity index (χ0) is 24.4. The predicted octanol–water partition coefficient (Wildman–Crippen LogP) is 6.67. The van der Waals surface area contributed by atoms with Crippen LogP contribution in [0.3, 0.4) is 0 Å². The van der Waals surface area contributed by atoms with E-state index in [2.05, 4.69) is 81.3 Å². The van der Waals surface area contributed by atoms with Crippen molar-refractivity contribution in [1.29, 1.82) is 0 Å². The summed E-state index contributed by atoms with van der Waals surface area (Å²) >= 11 is 1.76. The van der Waals surface area contributed by atoms with Gasteiger partial charge in [-0.2, -0.15) is 0 Å². The molecule has 0 saturated heterocycles. The molecular weight excluding hydrogens is 438 g/mol. The molecule has 0 aliphatic rings. The zero-order valence-corrected chi connectivity index (χ0v) is 21.3. The van der Waals surface area contributed by atoms with E-state index in [1.807, 2.05) is 40.3 Å². The van der Waals surface area contributed by atoms with Crippen molar-refractivity contribution in [3.63, 3.8) is 0 Å². The molecule has 2 N–H and O–H groups in total. The minimum Gasteiger partial charge on any atom is -0.388 e. The summed E-state index contributed by atoms with van der Waals surface area (Å²) < 4.78 is 2.09. The highest BCUT2D eigenvalue weighted by molar-refractivity contribution is 7.16. The average molecular weight is 470 g/mol. The van der Waals surface area contributed by atoms with Gasteiger partial charge in [-0.05, 0) is 67.8 Å². The third-order valence-corrected chi connectivity index (χ3v) is 7.34. The maximum atomic E-state index is 4.56. The molecule has 0 spiro atoms. The minimum atomic E-state index is 0.696. The molecule has 0 amide bonds. The highest BCUT2D eigenvalue weighted by Crippen LogP contribution is 2.35. The van der Waals surface area contributed by atoms with Gasteiger partial charge < -0.3 is 14.9 Å². The van der Waals surface area contributed by atoms with Gasteiger partial charge in [0.25, 0.3) is 0 Å². The topological polar surface area (TPSA) is 58.5 Å². The first-order valence-electron chi connectivity index (χ1n) is 11.2. The number of aromatic amines is 1. The lowest BCUT2D eigenvalue weighted by atomic mass is 10.1. The van der Waals surface area contributed by atoms with Crippen molar-refractivity contribution in [3.8, 4) is 10.4 Å². The van der Waals surface area contributed by atoms with Gasteiger partial charge in [0.1, 0.15) is 11.5 Å². The van der Waals surface area contributed by atoms with E-state index in [9.17, 15) is 0 Å². The Balaban J connectivity index is 1.58. The molecule has 0 saturated carbocycles. The van der Waals surface area contributed by atoms with Crippen LogP contribution < -0.4 is 5.32 Å². The predicted molar refractivity (Wildman–Crippen MR) is 146 cm³/mol. The standard InChI is InChI=1S/C28H31N5S/c1-17(2)26-10-11-27(34-26)22-12-13-30-28-23(22)15-21(32-28)14-19(4)24(29-6)9-8-18(3)25-16-31-20(5)33(25)7/h8-13,15-16,29H,1,4,14H2,2-3,5-7H3,(H,30,32)/b18-8+,24-9+. The number of nitrogens with one attached hydrogen (secondary N) is 2. The van der Waals surface area contributed by atoms with Crippen LogP contribution in [0.15, 0.2) is 73.2 Å². The van der Waals surface area contributed by atoms with Crippen LogP contribution in [-0.4, -0.2) is 26.6 Å². The van der Waals surface area contributed by atoms with Gasteiger partial charge in [0.05, 0.1) is 11.9 Å². The maximum Gasteiger partial charge on any atom is 0.138 e. The molecule has 0 radical (unpaired) electrons. The van der Waals surface area contributed by atoms with Gasteiger partial charge in [-0.15, -0.1) is 11.3 Å². The molecular formula is C28H31N5S. The Morgan fingerprint density at radius 3 is 2.62 bits per heavy atom. The number of aromatic nitrogens is 4. The molecule has 4 rings (SSSR count). The third-order valence-electron chi connectivity index (χ3n) is 6.06. The molecule has 0 aliphatic carbocycles. The molecule has 0 aliphatic heterocycles. The van der Waals surface area contributed by atoms with E-state index < -0.39 is 0 Å². The first kappa shape index (κ1) is 23.5. The molecule has 0 fully saturated rings. The number of aryl methyl sites for hydroxylation is 1. The Bertz CT molecular complexity index is 1440. The fraction of sp³-hybridized carbons (Fsp3) is 0.214. The molecule has 34 heavy (non-hydrogen) atoms. The van der Waals surface area contributed by atoms with Crippen LogP contribution in [0.5, 0.6) is 0 Å². The van der Waals surface area contributed by atoms with Crippen molar-refractivity contribution >= 4 is 33.5 Å². The second kappa shape index (κ2) is 9.69. The Kier molecular flexibility index (Phi) is 6.70. The lowest BCUT2D eigenvalue weighted by Crippen LogP contribution is -2.09. The molecule has 4 heterocycles. The number of hydrogen-bond acceptors (Lipinski definition) is 4. The van der Waals surface area contributed by atoms with Gasteiger partial charge in [-0.1, -0.05) is 19.2 Å². The SMILES string of the molecule is C=C(Cc1cc2c(-c3ccc(C(=C)C)s3)ccnc2[nH]1)/C(=C\C=C(/C)c1cnc(C)n1C)NC. The van der Waals surface area contributed by atoms with Crippen molar-refractivity contribution in [3.05, 3.63) is 95.3 Å². The zero-order valence-electron chi connectivity index (χ0n) is 20.5. The summed E-state index contributed by atoms with van der Waals surface area (Å²) in [4.78, 5) is 14.9. The second-order valence-corrected chi connectivity index (χ2v) is 9.65. The van der Waals surface area contributed by atoms with Crippen LogP contribution in [0, 0.1) is 6.92 Å². The maximum absolute atomic E-state index is 4.56. The molecule has 4 aromatic rings. The Morgan fingerprint density at radius 1 is 1.18 bits per heavy atom. The van der Waals surface area contributed by atoms with Gasteiger partial charge >= 0.3 is 0 Å². The number of imidazole rings is 1. The Hall–Kier alpha value is -3.64. The smallest absolute Gasteiger partial charge is 0.138 e. The second-order valence-electron chi connectivity index (χ2n) is 8.57. The van der Waals surface area contributed by atoms with Crippen molar-refractivity contribution in [2.75, 3.05) is 7.05 Å². The Labute approximate surface area is 205 Å². The van der Waals surface area contributed by atoms with Gasteiger partial charge in [0, 0.05) is 58.8 Å². The molecule has 174 valence electrons. The largest absolute Gasteiger partial charge is 0.388 e. The van der Waals surface area contributed by atoms with Crippen molar-refractivity contribution < 1.29 is 0 Å². The van der Waals surface area contributed by atoms with Crippen LogP contribution in [0.4, 0.5) is 0 Å². The van der Waals surface area contributed by atoms with Crippen LogP contribution in [-0.2, 0) is 13.5 Å². The van der Waals surface area contributed by atoms with Gasteiger partial charge in [0.15, 0.2) is 0 Å². The van der Waals surface area contributed by atoms with E-state index in [0.29, 0.717) is 6.42 Å². The number of pyridine rings is 1. The third kappa shape index (κ3) is 4.68. The average Bonchev–Trinajstić information content (AvgIpc) is 3.53. The fourth-order valence-electron chi connectivity index (χ4n) is 3.97. The van der Waals surface area contributed by atoms with E-state index in [1.165, 1.54) is 15.3 Å². The summed E-state index contributed by atoms with van der Waals surface area (Å²) in [6.45, 7) is 14.6. The number of H-pyrrole nitrogens is 1. The van der Waals surface area contributed by atoms with Gasteiger partial charge in [-0.25, -0.2) is 9.97 Å². The summed E-state index contributed by atoms with van der Waals surface area (Å²) in [5.41, 5.74) is 8.49. The van der Waals surface area contributed by atoms with Crippen molar-refractivity contribution in [2.24, 2.45) is 7.05 Å². The number of rotatable bonds is 8. The summed E-state index contributed by atoms with van der Waals surface area (Å²) in [5, 5.41) is 4.41. The van der Waals surface area contributed by atoms with E-state index in [1.54, 1.807) is 11.3 Å². The number of hydrogen-bond donors (Lipinski definition) is 2. The molecule has 0 bridgehead atoms. The van der Waals surface area contributed by atoms with Crippen LogP contribution >= 0.6 is 11.3 Å². The molecule has 5 nitrogen and oxygen atoms in total. The van der Waals surface area contributed by atoms with Crippen LogP contribution in [0.2, 0.25) is 0 Å². The van der Waals surface area contributed by atoms with E-state index in [0.717, 1.165) is 50.7 Å². The number of thiophene rings is 1. The van der Waals surface area contributed by atoms with E-state index in [-0.39, 0.29) is 0 Å². The van der Waals surface area contributed by atoms with Crippen molar-refractivity contribution in [1.82, 2.24) is 24.8 Å². The molecule has 4 aromatic heterocycles. The van der Waals surface area contributed by atoms with Crippen molar-refractivity contribution in [2.45, 2.75) is 27.2 Å². The van der Waals surface area contributed by atoms with Crippen LogP contribution in [0.1, 0.15) is 35.9 Å². The molecule has 0 aromatic carbocycles. The lowest BCUT2D eigenvalue weighted by molar-refractivity contribution is 0.845. The minimum absolute atomic E-state index is 0.696. The number of likely N-dealkylation sites (N-methyl/N-ethyl adjacent to an activating group) is 1. The van der Waals surface area contributed by atoms with Gasteiger partial charge in [-0.3, -0.25) is 0 Å². The summed E-state index contributed by atoms with van der Waals surface area (Å²) in [7, 11) is 3.96. The number of allylic oxidation sites excluding steroid dienone is 5. The fourth-order valence-corrected chi connectivity index (χ4v) is 4.94. The normalized spacial score (nSPS) is 12.4. The van der Waals surface area contributed by atoms with Crippen LogP contribution in [0.25, 0.3) is 32.6 Å². The quantitative estimate of drug-likeness (QED) is 0.283. The Morgan fingerprint density at radius 2 is 1.97 bits per heavy atom. The molecule has 6 heteroatoms.